The number of carbonyl (C=O) groups excluding carboxylic acids is 2. The van der Waals surface area contributed by atoms with Gasteiger partial charge in [0, 0.05) is 29.6 Å². The summed E-state index contributed by atoms with van der Waals surface area (Å²) in [6.45, 7) is 0.328. The van der Waals surface area contributed by atoms with Crippen molar-refractivity contribution in [2.24, 2.45) is 0 Å². The number of aromatic nitrogens is 1. The number of para-hydroxylation sites is 1. The Hall–Kier alpha value is -3.93. The number of H-pyrrole nitrogens is 1. The molecule has 5 nitrogen and oxygen atoms in total. The van der Waals surface area contributed by atoms with Gasteiger partial charge in [-0.05, 0) is 47.7 Å². The van der Waals surface area contributed by atoms with Crippen LogP contribution in [-0.2, 0) is 29.0 Å². The van der Waals surface area contributed by atoms with Crippen molar-refractivity contribution in [2.45, 2.75) is 37.9 Å². The lowest BCUT2D eigenvalue weighted by Crippen LogP contribution is -2.62. The second-order valence-electron chi connectivity index (χ2n) is 9.44. The highest BCUT2D eigenvalue weighted by atomic mass is 19.1. The summed E-state index contributed by atoms with van der Waals surface area (Å²) in [5.74, 6) is -0.407. The quantitative estimate of drug-likeness (QED) is 0.459. The van der Waals surface area contributed by atoms with Crippen molar-refractivity contribution in [1.29, 1.82) is 0 Å². The predicted molar refractivity (Wildman–Crippen MR) is 132 cm³/mol. The molecule has 6 heteroatoms. The maximum absolute atomic E-state index is 13.7. The monoisotopic (exact) mass is 467 g/mol. The number of carbonyl (C=O) groups is 2. The van der Waals surface area contributed by atoms with Crippen LogP contribution >= 0.6 is 0 Å². The fraction of sp³-hybridized carbons (Fsp3) is 0.241. The highest BCUT2D eigenvalue weighted by Gasteiger charge is 2.47. The summed E-state index contributed by atoms with van der Waals surface area (Å²) in [7, 11) is 0. The topological polar surface area (TPSA) is 56.4 Å². The second-order valence-corrected chi connectivity index (χ2v) is 9.44. The lowest BCUT2D eigenvalue weighted by molar-refractivity contribution is -0.160. The first-order valence-corrected chi connectivity index (χ1v) is 12.1. The molecule has 1 aromatic heterocycles. The number of benzene rings is 3. The first kappa shape index (κ1) is 21.6. The second kappa shape index (κ2) is 8.69. The normalized spacial score (nSPS) is 19.7. The van der Waals surface area contributed by atoms with Crippen molar-refractivity contribution in [3.05, 3.63) is 107 Å². The van der Waals surface area contributed by atoms with Crippen LogP contribution in [0.5, 0.6) is 0 Å². The predicted octanol–water partition coefficient (Wildman–Crippen LogP) is 4.78. The van der Waals surface area contributed by atoms with Crippen LogP contribution in [0.3, 0.4) is 0 Å². The van der Waals surface area contributed by atoms with Gasteiger partial charge in [-0.1, -0.05) is 60.7 Å². The highest BCUT2D eigenvalue weighted by Crippen LogP contribution is 2.41. The standard InChI is InChI=1S/C29H26FN3O2/c30-21-13-10-20(11-14-21)17-32-18-27(34)33-25(15-12-19-6-2-1-3-7-19)28-23(16-26(33)29(32)35)22-8-4-5-9-24(22)31-28/h1-11,13-14,25-26,31H,12,15-18H2. The third kappa shape index (κ3) is 3.89. The number of fused-ring (bicyclic) bond motifs is 4. The minimum atomic E-state index is -0.538. The SMILES string of the molecule is O=C1C2Cc3c([nH]c4ccccc34)C(CCc3ccccc3)N2C(=O)CN1Cc1ccc(F)cc1. The molecule has 176 valence electrons. The Balaban J connectivity index is 1.35. The molecule has 1 fully saturated rings. The third-order valence-electron chi connectivity index (χ3n) is 7.30. The first-order chi connectivity index (χ1) is 17.1. The van der Waals surface area contributed by atoms with Gasteiger partial charge in [-0.15, -0.1) is 0 Å². The molecule has 6 rings (SSSR count). The Labute approximate surface area is 203 Å². The molecule has 3 heterocycles. The Bertz CT molecular complexity index is 1400. The molecule has 4 aromatic rings. The molecule has 3 aromatic carbocycles. The van der Waals surface area contributed by atoms with Crippen LogP contribution in [0.2, 0.25) is 0 Å². The zero-order chi connectivity index (χ0) is 23.9. The summed E-state index contributed by atoms with van der Waals surface area (Å²) in [5.41, 5.74) is 5.23. The molecule has 2 atom stereocenters. The minimum Gasteiger partial charge on any atom is -0.356 e. The molecule has 0 bridgehead atoms. The van der Waals surface area contributed by atoms with E-state index in [1.165, 1.54) is 17.7 Å². The van der Waals surface area contributed by atoms with Gasteiger partial charge in [0.2, 0.25) is 11.8 Å². The van der Waals surface area contributed by atoms with Crippen molar-refractivity contribution >= 4 is 22.7 Å². The number of aromatic amines is 1. The third-order valence-corrected chi connectivity index (χ3v) is 7.30. The van der Waals surface area contributed by atoms with Crippen LogP contribution in [0.1, 0.15) is 34.8 Å². The fourth-order valence-corrected chi connectivity index (χ4v) is 5.64. The summed E-state index contributed by atoms with van der Waals surface area (Å²) in [6.07, 6.45) is 2.04. The largest absolute Gasteiger partial charge is 0.356 e. The van der Waals surface area contributed by atoms with Crippen LogP contribution < -0.4 is 0 Å². The highest BCUT2D eigenvalue weighted by molar-refractivity contribution is 5.97. The van der Waals surface area contributed by atoms with Gasteiger partial charge >= 0.3 is 0 Å². The zero-order valence-electron chi connectivity index (χ0n) is 19.3. The average Bonchev–Trinajstić information content (AvgIpc) is 3.25. The molecule has 2 aliphatic rings. The van der Waals surface area contributed by atoms with Gasteiger partial charge in [-0.3, -0.25) is 9.59 Å². The van der Waals surface area contributed by atoms with Crippen molar-refractivity contribution < 1.29 is 14.0 Å². The lowest BCUT2D eigenvalue weighted by atomic mass is 9.86. The number of hydrogen-bond acceptors (Lipinski definition) is 2. The van der Waals surface area contributed by atoms with E-state index in [9.17, 15) is 14.0 Å². The fourth-order valence-electron chi connectivity index (χ4n) is 5.64. The summed E-state index contributed by atoms with van der Waals surface area (Å²) >= 11 is 0. The Kier molecular flexibility index (Phi) is 5.36. The van der Waals surface area contributed by atoms with Crippen LogP contribution in [-0.4, -0.2) is 39.2 Å². The van der Waals surface area contributed by atoms with E-state index < -0.39 is 6.04 Å². The number of nitrogens with zero attached hydrogens (tertiary/aromatic N) is 2. The molecule has 0 radical (unpaired) electrons. The molecule has 0 aliphatic carbocycles. The Morgan fingerprint density at radius 3 is 2.43 bits per heavy atom. The molecular weight excluding hydrogens is 441 g/mol. The van der Waals surface area contributed by atoms with E-state index in [1.807, 2.05) is 41.3 Å². The lowest BCUT2D eigenvalue weighted by Gasteiger charge is -2.47. The molecule has 0 saturated carbocycles. The minimum absolute atomic E-state index is 0.0319. The van der Waals surface area contributed by atoms with Gasteiger partial charge in [-0.2, -0.15) is 0 Å². The Morgan fingerprint density at radius 2 is 1.63 bits per heavy atom. The van der Waals surface area contributed by atoms with Crippen molar-refractivity contribution in [2.75, 3.05) is 6.54 Å². The maximum atomic E-state index is 13.7. The van der Waals surface area contributed by atoms with Gasteiger partial charge in [0.1, 0.15) is 18.4 Å². The summed E-state index contributed by atoms with van der Waals surface area (Å²) < 4.78 is 13.4. The number of aryl methyl sites for hydroxylation is 1. The van der Waals surface area contributed by atoms with Gasteiger partial charge in [0.25, 0.3) is 0 Å². The van der Waals surface area contributed by atoms with Crippen LogP contribution in [0.25, 0.3) is 10.9 Å². The number of hydrogen-bond donors (Lipinski definition) is 1. The van der Waals surface area contributed by atoms with E-state index in [4.69, 9.17) is 0 Å². The smallest absolute Gasteiger partial charge is 0.246 e. The van der Waals surface area contributed by atoms with Crippen LogP contribution in [0.4, 0.5) is 4.39 Å². The van der Waals surface area contributed by atoms with Crippen LogP contribution in [0, 0.1) is 5.82 Å². The summed E-state index contributed by atoms with van der Waals surface area (Å²) in [5, 5.41) is 1.11. The van der Waals surface area contributed by atoms with Crippen molar-refractivity contribution in [1.82, 2.24) is 14.8 Å². The van der Waals surface area contributed by atoms with Gasteiger partial charge in [0.05, 0.1) is 6.04 Å². The maximum Gasteiger partial charge on any atom is 0.246 e. The molecule has 2 unspecified atom stereocenters. The van der Waals surface area contributed by atoms with E-state index in [0.717, 1.165) is 40.6 Å². The van der Waals surface area contributed by atoms with Crippen molar-refractivity contribution in [3.8, 4) is 0 Å². The number of halogens is 1. The molecule has 2 amide bonds. The number of piperazine rings is 1. The molecule has 0 spiro atoms. The molecule has 35 heavy (non-hydrogen) atoms. The van der Waals surface area contributed by atoms with Crippen LogP contribution in [0.15, 0.2) is 78.9 Å². The first-order valence-electron chi connectivity index (χ1n) is 12.1. The number of nitrogens with one attached hydrogen (secondary N) is 1. The zero-order valence-corrected chi connectivity index (χ0v) is 19.3. The van der Waals surface area contributed by atoms with Crippen molar-refractivity contribution in [3.63, 3.8) is 0 Å². The summed E-state index contributed by atoms with van der Waals surface area (Å²) in [4.78, 5) is 34.3. The van der Waals surface area contributed by atoms with E-state index in [0.29, 0.717) is 13.0 Å². The van der Waals surface area contributed by atoms with Gasteiger partial charge in [0.15, 0.2) is 0 Å². The van der Waals surface area contributed by atoms with E-state index in [2.05, 4.69) is 23.2 Å². The van der Waals surface area contributed by atoms with E-state index >= 15 is 0 Å². The summed E-state index contributed by atoms with van der Waals surface area (Å²) in [6, 6.07) is 23.8. The Morgan fingerprint density at radius 1 is 0.886 bits per heavy atom. The number of amides is 2. The molecular formula is C29H26FN3O2. The average molecular weight is 468 g/mol. The van der Waals surface area contributed by atoms with Gasteiger partial charge < -0.3 is 14.8 Å². The molecule has 1 N–H and O–H groups in total. The number of rotatable bonds is 5. The van der Waals surface area contributed by atoms with E-state index in [-0.39, 0.29) is 30.2 Å². The molecule has 1 saturated heterocycles. The molecule has 2 aliphatic heterocycles. The van der Waals surface area contributed by atoms with E-state index in [1.54, 1.807) is 17.0 Å². The van der Waals surface area contributed by atoms with Gasteiger partial charge in [-0.25, -0.2) is 4.39 Å².